The topological polar surface area (TPSA) is 24.9 Å². The molecule has 82 valence electrons. The van der Waals surface area contributed by atoms with E-state index < -0.39 is 0 Å². The number of halogens is 1. The minimum absolute atomic E-state index is 0.760. The Morgan fingerprint density at radius 2 is 1.88 bits per heavy atom. The summed E-state index contributed by atoms with van der Waals surface area (Å²) in [5, 5.41) is 4.08. The van der Waals surface area contributed by atoms with Gasteiger partial charge in [-0.05, 0) is 36.4 Å². The standard InChI is InChI=1S/C13H13ClN2/c14-11-4-6-13(7-5-11)16-10-8-12-3-1-2-9-15-12/h1-7,9,16H,8,10H2. The molecule has 0 aliphatic rings. The monoisotopic (exact) mass is 232 g/mol. The lowest BCUT2D eigenvalue weighted by Crippen LogP contribution is -2.05. The zero-order valence-corrected chi connectivity index (χ0v) is 9.61. The van der Waals surface area contributed by atoms with Crippen LogP contribution in [0.15, 0.2) is 48.7 Å². The Morgan fingerprint density at radius 3 is 2.56 bits per heavy atom. The predicted molar refractivity (Wildman–Crippen MR) is 67.9 cm³/mol. The van der Waals surface area contributed by atoms with Crippen LogP contribution in [0.1, 0.15) is 5.69 Å². The zero-order chi connectivity index (χ0) is 11.2. The molecule has 0 unspecified atom stereocenters. The maximum absolute atomic E-state index is 5.80. The molecule has 0 radical (unpaired) electrons. The Hall–Kier alpha value is -1.54. The van der Waals surface area contributed by atoms with Gasteiger partial charge in [-0.3, -0.25) is 4.98 Å². The normalized spacial score (nSPS) is 10.1. The fourth-order valence-electron chi connectivity index (χ4n) is 1.45. The van der Waals surface area contributed by atoms with Gasteiger partial charge < -0.3 is 5.32 Å². The van der Waals surface area contributed by atoms with Crippen molar-refractivity contribution in [3.8, 4) is 0 Å². The van der Waals surface area contributed by atoms with Crippen molar-refractivity contribution in [2.45, 2.75) is 6.42 Å². The van der Waals surface area contributed by atoms with Crippen molar-refractivity contribution in [3.63, 3.8) is 0 Å². The molecule has 0 amide bonds. The van der Waals surface area contributed by atoms with E-state index in [1.807, 2.05) is 48.7 Å². The van der Waals surface area contributed by atoms with E-state index in [0.717, 1.165) is 29.4 Å². The van der Waals surface area contributed by atoms with Crippen molar-refractivity contribution >= 4 is 17.3 Å². The Morgan fingerprint density at radius 1 is 1.06 bits per heavy atom. The molecule has 2 aromatic rings. The van der Waals surface area contributed by atoms with Gasteiger partial charge in [-0.15, -0.1) is 0 Å². The van der Waals surface area contributed by atoms with Crippen LogP contribution in [0.4, 0.5) is 5.69 Å². The number of rotatable bonds is 4. The lowest BCUT2D eigenvalue weighted by molar-refractivity contribution is 0.961. The van der Waals surface area contributed by atoms with Gasteiger partial charge in [0.2, 0.25) is 0 Å². The number of anilines is 1. The van der Waals surface area contributed by atoms with Gasteiger partial charge >= 0.3 is 0 Å². The Balaban J connectivity index is 1.82. The second kappa shape index (κ2) is 5.52. The molecule has 1 heterocycles. The van der Waals surface area contributed by atoms with Crippen molar-refractivity contribution < 1.29 is 0 Å². The highest BCUT2D eigenvalue weighted by Crippen LogP contribution is 2.13. The molecule has 2 nitrogen and oxygen atoms in total. The van der Waals surface area contributed by atoms with Gasteiger partial charge in [-0.1, -0.05) is 17.7 Å². The Bertz CT molecular complexity index is 425. The molecule has 0 aliphatic heterocycles. The van der Waals surface area contributed by atoms with E-state index in [1.165, 1.54) is 0 Å². The van der Waals surface area contributed by atoms with E-state index in [2.05, 4.69) is 10.3 Å². The van der Waals surface area contributed by atoms with Crippen molar-refractivity contribution in [3.05, 3.63) is 59.4 Å². The first-order chi connectivity index (χ1) is 7.84. The van der Waals surface area contributed by atoms with Crippen LogP contribution in [0.25, 0.3) is 0 Å². The number of hydrogen-bond donors (Lipinski definition) is 1. The average molecular weight is 233 g/mol. The fourth-order valence-corrected chi connectivity index (χ4v) is 1.57. The van der Waals surface area contributed by atoms with Crippen molar-refractivity contribution in [2.24, 2.45) is 0 Å². The van der Waals surface area contributed by atoms with Gasteiger partial charge in [0.15, 0.2) is 0 Å². The van der Waals surface area contributed by atoms with Crippen molar-refractivity contribution in [1.29, 1.82) is 0 Å². The van der Waals surface area contributed by atoms with Crippen molar-refractivity contribution in [2.75, 3.05) is 11.9 Å². The summed E-state index contributed by atoms with van der Waals surface area (Å²) >= 11 is 5.80. The first kappa shape index (κ1) is 11.0. The SMILES string of the molecule is Clc1ccc(NCCc2ccccn2)cc1. The third-order valence-corrected chi connectivity index (χ3v) is 2.53. The second-order valence-electron chi connectivity index (χ2n) is 3.50. The third-order valence-electron chi connectivity index (χ3n) is 2.28. The summed E-state index contributed by atoms with van der Waals surface area (Å²) in [6, 6.07) is 13.7. The van der Waals surface area contributed by atoms with Crippen LogP contribution < -0.4 is 5.32 Å². The summed E-state index contributed by atoms with van der Waals surface area (Å²) in [6.45, 7) is 0.874. The summed E-state index contributed by atoms with van der Waals surface area (Å²) in [5.41, 5.74) is 2.18. The Kier molecular flexibility index (Phi) is 3.78. The first-order valence-corrected chi connectivity index (χ1v) is 5.62. The molecule has 16 heavy (non-hydrogen) atoms. The maximum atomic E-state index is 5.80. The number of nitrogens with one attached hydrogen (secondary N) is 1. The summed E-state index contributed by atoms with van der Waals surface area (Å²) in [7, 11) is 0. The lowest BCUT2D eigenvalue weighted by Gasteiger charge is -2.05. The molecule has 1 N–H and O–H groups in total. The largest absolute Gasteiger partial charge is 0.385 e. The summed E-state index contributed by atoms with van der Waals surface area (Å²) in [4.78, 5) is 4.26. The van der Waals surface area contributed by atoms with Gasteiger partial charge in [0, 0.05) is 35.6 Å². The molecule has 0 spiro atoms. The maximum Gasteiger partial charge on any atom is 0.0421 e. The highest BCUT2D eigenvalue weighted by molar-refractivity contribution is 6.30. The summed E-state index contributed by atoms with van der Waals surface area (Å²) in [6.07, 6.45) is 2.74. The molecule has 2 rings (SSSR count). The number of benzene rings is 1. The number of nitrogens with zero attached hydrogens (tertiary/aromatic N) is 1. The van der Waals surface area contributed by atoms with Crippen LogP contribution >= 0.6 is 11.6 Å². The fraction of sp³-hybridized carbons (Fsp3) is 0.154. The van der Waals surface area contributed by atoms with Crippen LogP contribution in [-0.4, -0.2) is 11.5 Å². The molecule has 3 heteroatoms. The molecule has 0 aliphatic carbocycles. The summed E-state index contributed by atoms with van der Waals surface area (Å²) < 4.78 is 0. The van der Waals surface area contributed by atoms with Crippen LogP contribution in [0.3, 0.4) is 0 Å². The minimum atomic E-state index is 0.760. The highest BCUT2D eigenvalue weighted by Gasteiger charge is 1.94. The molecule has 0 bridgehead atoms. The first-order valence-electron chi connectivity index (χ1n) is 5.24. The van der Waals surface area contributed by atoms with Crippen LogP contribution in [0, 0.1) is 0 Å². The minimum Gasteiger partial charge on any atom is -0.385 e. The molecule has 0 saturated carbocycles. The van der Waals surface area contributed by atoms with E-state index in [-0.39, 0.29) is 0 Å². The zero-order valence-electron chi connectivity index (χ0n) is 8.86. The quantitative estimate of drug-likeness (QED) is 0.874. The predicted octanol–water partition coefficient (Wildman–Crippen LogP) is 3.39. The van der Waals surface area contributed by atoms with E-state index >= 15 is 0 Å². The highest BCUT2D eigenvalue weighted by atomic mass is 35.5. The average Bonchev–Trinajstić information content (AvgIpc) is 2.33. The van der Waals surface area contributed by atoms with Crippen molar-refractivity contribution in [1.82, 2.24) is 4.98 Å². The second-order valence-corrected chi connectivity index (χ2v) is 3.94. The summed E-state index contributed by atoms with van der Waals surface area (Å²) in [5.74, 6) is 0. The number of hydrogen-bond acceptors (Lipinski definition) is 2. The number of pyridine rings is 1. The van der Waals surface area contributed by atoms with Gasteiger partial charge in [-0.2, -0.15) is 0 Å². The molecular formula is C13H13ClN2. The van der Waals surface area contributed by atoms with Crippen LogP contribution in [-0.2, 0) is 6.42 Å². The molecule has 1 aromatic heterocycles. The van der Waals surface area contributed by atoms with Gasteiger partial charge in [-0.25, -0.2) is 0 Å². The lowest BCUT2D eigenvalue weighted by atomic mass is 10.2. The number of aromatic nitrogens is 1. The van der Waals surface area contributed by atoms with Gasteiger partial charge in [0.05, 0.1) is 0 Å². The molecule has 0 fully saturated rings. The van der Waals surface area contributed by atoms with Crippen LogP contribution in [0.5, 0.6) is 0 Å². The van der Waals surface area contributed by atoms with Gasteiger partial charge in [0.25, 0.3) is 0 Å². The van der Waals surface area contributed by atoms with E-state index in [9.17, 15) is 0 Å². The Labute approximate surface area is 100 Å². The molecule has 1 aromatic carbocycles. The molecular weight excluding hydrogens is 220 g/mol. The molecule has 0 atom stereocenters. The van der Waals surface area contributed by atoms with E-state index in [4.69, 9.17) is 11.6 Å². The van der Waals surface area contributed by atoms with Gasteiger partial charge in [0.1, 0.15) is 0 Å². The van der Waals surface area contributed by atoms with E-state index in [0.29, 0.717) is 0 Å². The third kappa shape index (κ3) is 3.24. The van der Waals surface area contributed by atoms with Crippen LogP contribution in [0.2, 0.25) is 5.02 Å². The van der Waals surface area contributed by atoms with E-state index in [1.54, 1.807) is 0 Å². The molecule has 0 saturated heterocycles. The smallest absolute Gasteiger partial charge is 0.0421 e.